The van der Waals surface area contributed by atoms with Crippen molar-refractivity contribution < 1.29 is 23.9 Å². The van der Waals surface area contributed by atoms with E-state index in [1.165, 1.54) is 7.11 Å². The van der Waals surface area contributed by atoms with E-state index in [2.05, 4.69) is 20.9 Å². The second-order valence-corrected chi connectivity index (χ2v) is 10.2. The SMILES string of the molecule is CC[C@H](C)[C@@H]1NC(=O)CCCN(C(=O)CCOC)CCCNC(=O)c2ccc3[nH]c(=O)n(c3c2)CCCNC1=O. The minimum absolute atomic E-state index is 0.0719. The van der Waals surface area contributed by atoms with Crippen molar-refractivity contribution in [2.45, 2.75) is 65.0 Å². The molecule has 12 nitrogen and oxygen atoms in total. The molecular formula is C28H42N6O6. The Morgan fingerprint density at radius 3 is 2.52 bits per heavy atom. The molecule has 220 valence electrons. The molecular weight excluding hydrogens is 516 g/mol. The van der Waals surface area contributed by atoms with E-state index in [1.54, 1.807) is 27.7 Å². The van der Waals surface area contributed by atoms with Gasteiger partial charge in [0.15, 0.2) is 0 Å². The first kappa shape index (κ1) is 30.9. The number of hydrogen-bond donors (Lipinski definition) is 4. The smallest absolute Gasteiger partial charge is 0.326 e. The minimum atomic E-state index is -0.679. The largest absolute Gasteiger partial charge is 0.384 e. The van der Waals surface area contributed by atoms with E-state index >= 15 is 0 Å². The predicted octanol–water partition coefficient (Wildman–Crippen LogP) is 1.15. The molecule has 1 aliphatic rings. The van der Waals surface area contributed by atoms with Crippen LogP contribution in [0.15, 0.2) is 23.0 Å². The van der Waals surface area contributed by atoms with Crippen LogP contribution in [0.1, 0.15) is 62.7 Å². The summed E-state index contributed by atoms with van der Waals surface area (Å²) in [4.78, 5) is 68.4. The third-order valence-electron chi connectivity index (χ3n) is 7.30. The van der Waals surface area contributed by atoms with Gasteiger partial charge in [0.25, 0.3) is 5.91 Å². The minimum Gasteiger partial charge on any atom is -0.384 e. The number of nitrogens with zero attached hydrogens (tertiary/aromatic N) is 2. The Morgan fingerprint density at radius 1 is 1.05 bits per heavy atom. The average Bonchev–Trinajstić information content (AvgIpc) is 3.26. The molecule has 0 fully saturated rings. The number of benzene rings is 1. The summed E-state index contributed by atoms with van der Waals surface area (Å²) in [5.41, 5.74) is 1.36. The van der Waals surface area contributed by atoms with Crippen LogP contribution in [-0.2, 0) is 25.7 Å². The van der Waals surface area contributed by atoms with E-state index in [-0.39, 0.29) is 48.1 Å². The molecule has 1 aromatic carbocycles. The fourth-order valence-electron chi connectivity index (χ4n) is 4.74. The lowest BCUT2D eigenvalue weighted by atomic mass is 9.98. The molecule has 2 aromatic rings. The van der Waals surface area contributed by atoms with Crippen LogP contribution in [0, 0.1) is 5.92 Å². The molecule has 2 atom stereocenters. The third-order valence-corrected chi connectivity index (χ3v) is 7.30. The van der Waals surface area contributed by atoms with Crippen LogP contribution in [0.2, 0.25) is 0 Å². The lowest BCUT2D eigenvalue weighted by Crippen LogP contribution is -2.50. The van der Waals surface area contributed by atoms with Crippen molar-refractivity contribution in [3.05, 3.63) is 34.2 Å². The molecule has 4 N–H and O–H groups in total. The van der Waals surface area contributed by atoms with Crippen molar-refractivity contribution in [2.75, 3.05) is 39.9 Å². The van der Waals surface area contributed by atoms with Gasteiger partial charge in [0, 0.05) is 51.8 Å². The highest BCUT2D eigenvalue weighted by atomic mass is 16.5. The van der Waals surface area contributed by atoms with Crippen molar-refractivity contribution >= 4 is 34.7 Å². The zero-order valence-corrected chi connectivity index (χ0v) is 23.7. The van der Waals surface area contributed by atoms with Crippen molar-refractivity contribution in [3.63, 3.8) is 0 Å². The molecule has 0 radical (unpaired) electrons. The number of aromatic amines is 1. The van der Waals surface area contributed by atoms with E-state index < -0.39 is 6.04 Å². The number of hydrogen-bond acceptors (Lipinski definition) is 6. The van der Waals surface area contributed by atoms with Gasteiger partial charge in [0.2, 0.25) is 17.7 Å². The number of aromatic nitrogens is 2. The highest BCUT2D eigenvalue weighted by Crippen LogP contribution is 2.14. The van der Waals surface area contributed by atoms with Crippen molar-refractivity contribution in [1.29, 1.82) is 0 Å². The summed E-state index contributed by atoms with van der Waals surface area (Å²) < 4.78 is 6.60. The average molecular weight is 559 g/mol. The van der Waals surface area contributed by atoms with Gasteiger partial charge >= 0.3 is 5.69 Å². The number of H-pyrrole nitrogens is 1. The number of imidazole rings is 1. The van der Waals surface area contributed by atoms with Gasteiger partial charge in [0.1, 0.15) is 6.04 Å². The molecule has 0 saturated heterocycles. The molecule has 3 rings (SSSR count). The summed E-state index contributed by atoms with van der Waals surface area (Å²) in [7, 11) is 1.53. The molecule has 2 bridgehead atoms. The van der Waals surface area contributed by atoms with Gasteiger partial charge in [-0.3, -0.25) is 23.7 Å². The summed E-state index contributed by atoms with van der Waals surface area (Å²) in [6, 6.07) is 4.36. The van der Waals surface area contributed by atoms with Crippen molar-refractivity contribution in [1.82, 2.24) is 30.4 Å². The van der Waals surface area contributed by atoms with Gasteiger partial charge in [-0.2, -0.15) is 0 Å². The van der Waals surface area contributed by atoms with Crippen LogP contribution in [0.4, 0.5) is 0 Å². The molecule has 40 heavy (non-hydrogen) atoms. The Kier molecular flexibility index (Phi) is 11.7. The van der Waals surface area contributed by atoms with Gasteiger partial charge in [-0.05, 0) is 43.4 Å². The molecule has 0 aliphatic carbocycles. The normalized spacial score (nSPS) is 19.4. The van der Waals surface area contributed by atoms with Crippen LogP contribution < -0.4 is 21.6 Å². The molecule has 0 spiro atoms. The van der Waals surface area contributed by atoms with Crippen LogP contribution in [0.5, 0.6) is 0 Å². The second kappa shape index (κ2) is 15.2. The number of rotatable bonds is 5. The zero-order chi connectivity index (χ0) is 29.1. The van der Waals surface area contributed by atoms with Gasteiger partial charge in [-0.1, -0.05) is 20.3 Å². The van der Waals surface area contributed by atoms with E-state index in [1.807, 2.05) is 13.8 Å². The fourth-order valence-corrected chi connectivity index (χ4v) is 4.74. The first-order valence-electron chi connectivity index (χ1n) is 14.1. The lowest BCUT2D eigenvalue weighted by Gasteiger charge is -2.25. The van der Waals surface area contributed by atoms with E-state index in [4.69, 9.17) is 4.74 Å². The Balaban J connectivity index is 1.81. The number of amides is 4. The summed E-state index contributed by atoms with van der Waals surface area (Å²) in [6.45, 7) is 5.99. The number of carbonyl (C=O) groups is 4. The quantitative estimate of drug-likeness (QED) is 0.432. The Morgan fingerprint density at radius 2 is 1.77 bits per heavy atom. The maximum absolute atomic E-state index is 13.0. The Bertz CT molecular complexity index is 1240. The number of carbonyl (C=O) groups excluding carboxylic acids is 4. The highest BCUT2D eigenvalue weighted by molar-refractivity contribution is 5.97. The van der Waals surface area contributed by atoms with Crippen LogP contribution in [-0.4, -0.2) is 84.0 Å². The number of fused-ring (bicyclic) bond motifs is 1. The summed E-state index contributed by atoms with van der Waals surface area (Å²) in [5.74, 6) is -0.944. The van der Waals surface area contributed by atoms with Crippen molar-refractivity contribution in [3.8, 4) is 0 Å². The lowest BCUT2D eigenvalue weighted by molar-refractivity contribution is -0.133. The summed E-state index contributed by atoms with van der Waals surface area (Å²) in [6.07, 6.45) is 2.57. The van der Waals surface area contributed by atoms with Gasteiger partial charge in [0.05, 0.1) is 24.1 Å². The van der Waals surface area contributed by atoms with Crippen LogP contribution in [0.3, 0.4) is 0 Å². The van der Waals surface area contributed by atoms with Gasteiger partial charge < -0.3 is 30.6 Å². The van der Waals surface area contributed by atoms with E-state index in [9.17, 15) is 24.0 Å². The maximum Gasteiger partial charge on any atom is 0.326 e. The third kappa shape index (κ3) is 8.41. The van der Waals surface area contributed by atoms with Gasteiger partial charge in [-0.25, -0.2) is 4.79 Å². The Labute approximate surface area is 234 Å². The van der Waals surface area contributed by atoms with Crippen LogP contribution >= 0.6 is 0 Å². The number of nitrogens with one attached hydrogen (secondary N) is 4. The summed E-state index contributed by atoms with van der Waals surface area (Å²) in [5, 5.41) is 8.65. The first-order chi connectivity index (χ1) is 19.2. The maximum atomic E-state index is 13.0. The highest BCUT2D eigenvalue weighted by Gasteiger charge is 2.26. The zero-order valence-electron chi connectivity index (χ0n) is 23.7. The van der Waals surface area contributed by atoms with E-state index in [0.29, 0.717) is 81.6 Å². The molecule has 1 aromatic heterocycles. The van der Waals surface area contributed by atoms with Gasteiger partial charge in [-0.15, -0.1) is 0 Å². The van der Waals surface area contributed by atoms with Crippen molar-refractivity contribution in [2.24, 2.45) is 5.92 Å². The predicted molar refractivity (Wildman–Crippen MR) is 151 cm³/mol. The molecule has 4 amide bonds. The number of aryl methyl sites for hydroxylation is 1. The summed E-state index contributed by atoms with van der Waals surface area (Å²) >= 11 is 0. The Hall–Kier alpha value is -3.67. The monoisotopic (exact) mass is 558 g/mol. The number of ether oxygens (including phenoxy) is 1. The molecule has 2 heterocycles. The molecule has 12 heteroatoms. The molecule has 0 unspecified atom stereocenters. The second-order valence-electron chi connectivity index (χ2n) is 10.2. The standard InChI is InChI=1S/C28H42N6O6/c1-4-19(2)25-27(38)30-13-7-16-34-22-18-20(9-10-21(22)31-28(34)39)26(37)29-12-6-15-33(24(36)11-17-40-3)14-5-8-23(35)32-25/h9-10,18-19,25H,4-8,11-17H2,1-3H3,(H,29,37)(H,30,38)(H,31,39)(H,32,35)/t19-,25-/m0/s1. The van der Waals surface area contributed by atoms with E-state index in [0.717, 1.165) is 0 Å². The van der Waals surface area contributed by atoms with Crippen LogP contribution in [0.25, 0.3) is 11.0 Å². The molecule has 1 aliphatic heterocycles. The topological polar surface area (TPSA) is 155 Å². The first-order valence-corrected chi connectivity index (χ1v) is 14.1. The number of methoxy groups -OCH3 is 1. The fraction of sp³-hybridized carbons (Fsp3) is 0.607. The molecule has 0 saturated carbocycles.